The van der Waals surface area contributed by atoms with E-state index in [1.165, 1.54) is 12.7 Å². The van der Waals surface area contributed by atoms with Gasteiger partial charge < -0.3 is 33.7 Å². The molecule has 266 valence electrons. The van der Waals surface area contributed by atoms with E-state index in [9.17, 15) is 14.3 Å². The largest absolute Gasteiger partial charge is 0.497 e. The third-order valence-corrected chi connectivity index (χ3v) is 9.51. The quantitative estimate of drug-likeness (QED) is 0.104. The maximum atomic E-state index is 12.9. The lowest BCUT2D eigenvalue weighted by atomic mass is 9.80. The van der Waals surface area contributed by atoms with Crippen LogP contribution < -0.4 is 14.8 Å². The lowest BCUT2D eigenvalue weighted by Gasteiger charge is -2.37. The highest BCUT2D eigenvalue weighted by molar-refractivity contribution is 7.32. The molecule has 1 fully saturated rings. The fourth-order valence-corrected chi connectivity index (χ4v) is 6.99. The second kappa shape index (κ2) is 15.4. The number of imidazole rings is 1. The van der Waals surface area contributed by atoms with Crippen molar-refractivity contribution in [2.24, 2.45) is 0 Å². The first-order valence-corrected chi connectivity index (χ1v) is 17.7. The molecule has 1 saturated heterocycles. The van der Waals surface area contributed by atoms with Gasteiger partial charge in [-0.05, 0) is 53.1 Å². The lowest BCUT2D eigenvalue weighted by Crippen LogP contribution is -2.38. The van der Waals surface area contributed by atoms with Gasteiger partial charge in [0.05, 0.1) is 33.3 Å². The van der Waals surface area contributed by atoms with Crippen molar-refractivity contribution in [1.29, 1.82) is 0 Å². The van der Waals surface area contributed by atoms with Crippen molar-refractivity contribution in [1.82, 2.24) is 19.5 Å². The number of rotatable bonds is 13. The van der Waals surface area contributed by atoms with Crippen molar-refractivity contribution in [2.75, 3.05) is 26.1 Å². The molecule has 3 heterocycles. The number of nitrogens with zero attached hydrogens (tertiary/aromatic N) is 4. The first-order chi connectivity index (χ1) is 25.4. The Morgan fingerprint density at radius 3 is 2.06 bits per heavy atom. The molecule has 0 saturated carbocycles. The second-order valence-corrected chi connectivity index (χ2v) is 12.7. The minimum Gasteiger partial charge on any atom is -0.497 e. The van der Waals surface area contributed by atoms with Crippen LogP contribution >= 0.6 is 8.25 Å². The Kier molecular flexibility index (Phi) is 10.4. The summed E-state index contributed by atoms with van der Waals surface area (Å²) in [5.74, 6) is 1.25. The molecular weight excluding hydrogens is 685 g/mol. The van der Waals surface area contributed by atoms with E-state index in [4.69, 9.17) is 23.5 Å². The predicted molar refractivity (Wildman–Crippen MR) is 193 cm³/mol. The Hall–Kier alpha value is -5.43. The van der Waals surface area contributed by atoms with E-state index < -0.39 is 32.3 Å². The highest BCUT2D eigenvalue weighted by Crippen LogP contribution is 2.44. The van der Waals surface area contributed by atoms with Gasteiger partial charge in [-0.25, -0.2) is 15.0 Å². The predicted octanol–water partition coefficient (Wildman–Crippen LogP) is 6.16. The van der Waals surface area contributed by atoms with Crippen LogP contribution in [0, 0.1) is 0 Å². The SMILES string of the molecule is COc1ccc(C(OC[C@H]2O[C@@H](n3cnc4c(NC(=O)c5ccccc5)ncnc43)C[C@H]2O[PH](=O)O)(c2ccccc2)c2ccc(OC)cc2)cc1. The number of aromatic nitrogens is 4. The van der Waals surface area contributed by atoms with Gasteiger partial charge >= 0.3 is 8.25 Å². The van der Waals surface area contributed by atoms with Crippen LogP contribution in [0.4, 0.5) is 5.82 Å². The van der Waals surface area contributed by atoms with Crippen LogP contribution in [-0.4, -0.2) is 63.4 Å². The number of hydrogen-bond donors (Lipinski definition) is 2. The Morgan fingerprint density at radius 1 is 0.865 bits per heavy atom. The topological polar surface area (TPSA) is 156 Å². The summed E-state index contributed by atoms with van der Waals surface area (Å²) in [7, 11) is -0.147. The van der Waals surface area contributed by atoms with Crippen molar-refractivity contribution in [3.63, 3.8) is 0 Å². The van der Waals surface area contributed by atoms with E-state index >= 15 is 0 Å². The summed E-state index contributed by atoms with van der Waals surface area (Å²) < 4.78 is 43.9. The Bertz CT molecular complexity index is 2100. The third-order valence-electron chi connectivity index (χ3n) is 9.01. The van der Waals surface area contributed by atoms with Gasteiger partial charge in [-0.2, -0.15) is 0 Å². The molecule has 1 aliphatic rings. The summed E-state index contributed by atoms with van der Waals surface area (Å²) >= 11 is 0. The number of hydrogen-bond acceptors (Lipinski definition) is 10. The number of fused-ring (bicyclic) bond motifs is 1. The second-order valence-electron chi connectivity index (χ2n) is 12.0. The number of carbonyl (C=O) groups is 1. The van der Waals surface area contributed by atoms with E-state index in [0.717, 1.165) is 16.7 Å². The number of ether oxygens (including phenoxy) is 4. The van der Waals surface area contributed by atoms with Gasteiger partial charge in [-0.1, -0.05) is 72.8 Å². The monoisotopic (exact) mass is 721 g/mol. The van der Waals surface area contributed by atoms with Gasteiger partial charge in [-0.15, -0.1) is 0 Å². The van der Waals surface area contributed by atoms with Crippen LogP contribution in [0.25, 0.3) is 11.2 Å². The van der Waals surface area contributed by atoms with E-state index in [1.54, 1.807) is 43.1 Å². The molecule has 4 aromatic carbocycles. The van der Waals surface area contributed by atoms with Gasteiger partial charge in [0.25, 0.3) is 5.91 Å². The van der Waals surface area contributed by atoms with Crippen molar-refractivity contribution in [2.45, 2.75) is 30.5 Å². The van der Waals surface area contributed by atoms with Crippen LogP contribution in [0.15, 0.2) is 122 Å². The summed E-state index contributed by atoms with van der Waals surface area (Å²) in [5.41, 5.74) is 2.53. The van der Waals surface area contributed by atoms with Gasteiger partial charge in [0.15, 0.2) is 17.0 Å². The molecule has 2 N–H and O–H groups in total. The zero-order chi connectivity index (χ0) is 36.1. The Morgan fingerprint density at radius 2 is 1.46 bits per heavy atom. The number of benzene rings is 4. The molecule has 0 aliphatic carbocycles. The van der Waals surface area contributed by atoms with Crippen LogP contribution in [0.2, 0.25) is 0 Å². The average Bonchev–Trinajstić information content (AvgIpc) is 3.80. The normalized spacial score (nSPS) is 17.9. The summed E-state index contributed by atoms with van der Waals surface area (Å²) in [6.45, 7) is -0.0384. The minimum atomic E-state index is -3.36. The van der Waals surface area contributed by atoms with Gasteiger partial charge in [-0.3, -0.25) is 13.9 Å². The average molecular weight is 722 g/mol. The number of amides is 1. The van der Waals surface area contributed by atoms with Gasteiger partial charge in [0, 0.05) is 12.0 Å². The van der Waals surface area contributed by atoms with E-state index in [-0.39, 0.29) is 24.8 Å². The minimum absolute atomic E-state index is 0.0384. The molecule has 13 nitrogen and oxygen atoms in total. The van der Waals surface area contributed by atoms with E-state index in [0.29, 0.717) is 28.2 Å². The fraction of sp³-hybridized carbons (Fsp3) is 0.211. The molecule has 1 aliphatic heterocycles. The highest BCUT2D eigenvalue weighted by atomic mass is 31.1. The van der Waals surface area contributed by atoms with Gasteiger partial charge in [0.2, 0.25) is 0 Å². The summed E-state index contributed by atoms with van der Waals surface area (Å²) in [5, 5.41) is 2.81. The number of nitrogens with one attached hydrogen (secondary N) is 1. The fourth-order valence-electron chi connectivity index (χ4n) is 6.48. The molecule has 14 heteroatoms. The Labute approximate surface area is 300 Å². The maximum absolute atomic E-state index is 12.9. The molecule has 0 bridgehead atoms. The van der Waals surface area contributed by atoms with Crippen LogP contribution in [-0.2, 0) is 24.2 Å². The molecule has 1 unspecified atom stereocenters. The first-order valence-electron chi connectivity index (χ1n) is 16.5. The third kappa shape index (κ3) is 7.05. The molecule has 0 radical (unpaired) electrons. The zero-order valence-corrected chi connectivity index (χ0v) is 29.3. The first kappa shape index (κ1) is 35.0. The maximum Gasteiger partial charge on any atom is 0.316 e. The summed E-state index contributed by atoms with van der Waals surface area (Å²) in [4.78, 5) is 36.0. The zero-order valence-electron chi connectivity index (χ0n) is 28.3. The summed E-state index contributed by atoms with van der Waals surface area (Å²) in [6, 6.07) is 33.8. The molecule has 0 spiro atoms. The van der Waals surface area contributed by atoms with E-state index in [2.05, 4.69) is 20.3 Å². The van der Waals surface area contributed by atoms with E-state index in [1.807, 2.05) is 84.9 Å². The van der Waals surface area contributed by atoms with Gasteiger partial charge in [0.1, 0.15) is 35.8 Å². The highest BCUT2D eigenvalue weighted by Gasteiger charge is 2.43. The van der Waals surface area contributed by atoms with Crippen molar-refractivity contribution in [3.05, 3.63) is 144 Å². The molecule has 4 atom stereocenters. The van der Waals surface area contributed by atoms with Crippen molar-refractivity contribution in [3.8, 4) is 11.5 Å². The van der Waals surface area contributed by atoms with Crippen LogP contribution in [0.1, 0.15) is 39.7 Å². The molecule has 1 amide bonds. The molecular formula is C38H36N5O8P. The van der Waals surface area contributed by atoms with Crippen molar-refractivity contribution >= 4 is 31.1 Å². The van der Waals surface area contributed by atoms with Crippen LogP contribution in [0.3, 0.4) is 0 Å². The molecule has 6 aromatic rings. The number of carbonyl (C=O) groups excluding carboxylic acids is 1. The number of anilines is 1. The molecule has 7 rings (SSSR count). The van der Waals surface area contributed by atoms with Crippen LogP contribution in [0.5, 0.6) is 11.5 Å². The molecule has 2 aromatic heterocycles. The smallest absolute Gasteiger partial charge is 0.316 e. The Balaban J connectivity index is 1.22. The van der Waals surface area contributed by atoms with Crippen molar-refractivity contribution < 1.29 is 37.7 Å². The summed E-state index contributed by atoms with van der Waals surface area (Å²) in [6.07, 6.45) is 0.740. The number of methoxy groups -OCH3 is 2. The molecule has 52 heavy (non-hydrogen) atoms. The standard InChI is InChI=1S/C38H36N5O8P/c1-47-29-17-13-27(14-18-29)38(26-11-7-4-8-12-26,28-15-19-30(48-2)20-16-28)49-22-32-31(51-52(45)46)21-33(50-32)43-24-41-34-35(39-23-40-36(34)43)42-37(44)25-9-5-3-6-10-25/h3-20,23-24,31-33,52H,21-22H2,1-2H3,(H,45,46)(H,39,40,42,44)/t31-,32-,33-/m1/s1. The lowest BCUT2D eigenvalue weighted by molar-refractivity contribution is -0.0903.